The van der Waals surface area contributed by atoms with E-state index in [0.717, 1.165) is 0 Å². The van der Waals surface area contributed by atoms with E-state index in [9.17, 15) is 0 Å². The fraction of sp³-hybridized carbons (Fsp3) is 0.750. The van der Waals surface area contributed by atoms with Crippen LogP contribution in [0.15, 0.2) is 11.1 Å². The van der Waals surface area contributed by atoms with Gasteiger partial charge >= 0.3 is 0 Å². The van der Waals surface area contributed by atoms with Gasteiger partial charge in [-0.05, 0) is 25.7 Å². The van der Waals surface area contributed by atoms with Gasteiger partial charge in [0, 0.05) is 0 Å². The summed E-state index contributed by atoms with van der Waals surface area (Å²) < 4.78 is 0. The summed E-state index contributed by atoms with van der Waals surface area (Å²) in [6.45, 7) is 4.51. The lowest BCUT2D eigenvalue weighted by molar-refractivity contribution is 0.718. The number of hydrogen-bond acceptors (Lipinski definition) is 0. The van der Waals surface area contributed by atoms with Crippen molar-refractivity contribution in [2.45, 2.75) is 39.5 Å². The van der Waals surface area contributed by atoms with Crippen molar-refractivity contribution in [3.05, 3.63) is 11.1 Å². The van der Waals surface area contributed by atoms with Gasteiger partial charge in [0.15, 0.2) is 0 Å². The Hall–Kier alpha value is -0.260. The van der Waals surface area contributed by atoms with E-state index in [1.54, 1.807) is 11.1 Å². The lowest BCUT2D eigenvalue weighted by Gasteiger charge is -2.21. The molecule has 0 bridgehead atoms. The second-order valence-electron chi connectivity index (χ2n) is 2.41. The maximum absolute atomic E-state index is 2.25. The molecule has 0 saturated carbocycles. The minimum absolute atomic E-state index is 1.29. The molecule has 0 aliphatic heterocycles. The Labute approximate surface area is 51.6 Å². The molecule has 0 amide bonds. The van der Waals surface area contributed by atoms with Gasteiger partial charge in [-0.15, -0.1) is 0 Å². The molecule has 8 heavy (non-hydrogen) atoms. The van der Waals surface area contributed by atoms with Crippen LogP contribution in [0.25, 0.3) is 0 Å². The van der Waals surface area contributed by atoms with Gasteiger partial charge < -0.3 is 0 Å². The molecule has 0 unspecified atom stereocenters. The molecular weight excluding hydrogens is 96.1 g/mol. The zero-order chi connectivity index (χ0) is 5.98. The molecule has 0 aromatic carbocycles. The largest absolute Gasteiger partial charge is 0.0710 e. The number of allylic oxidation sites excluding steroid dienone is 2. The molecule has 0 heterocycles. The highest BCUT2D eigenvalue weighted by Crippen LogP contribution is 2.31. The summed E-state index contributed by atoms with van der Waals surface area (Å²) in [7, 11) is 0. The van der Waals surface area contributed by atoms with Crippen LogP contribution in [-0.2, 0) is 0 Å². The molecule has 0 aromatic heterocycles. The van der Waals surface area contributed by atoms with Crippen LogP contribution in [0.5, 0.6) is 0 Å². The summed E-state index contributed by atoms with van der Waals surface area (Å²) in [5.41, 5.74) is 3.46. The Balaban J connectivity index is 2.49. The van der Waals surface area contributed by atoms with Gasteiger partial charge in [-0.3, -0.25) is 0 Å². The van der Waals surface area contributed by atoms with Crippen LogP contribution in [0, 0.1) is 0 Å². The van der Waals surface area contributed by atoms with Gasteiger partial charge in [0.2, 0.25) is 0 Å². The van der Waals surface area contributed by atoms with Crippen molar-refractivity contribution in [1.29, 1.82) is 0 Å². The lowest BCUT2D eigenvalue weighted by Crippen LogP contribution is -2.01. The predicted molar refractivity (Wildman–Crippen MR) is 36.8 cm³/mol. The van der Waals surface area contributed by atoms with Crippen LogP contribution in [0.2, 0.25) is 0 Å². The van der Waals surface area contributed by atoms with Crippen molar-refractivity contribution >= 4 is 0 Å². The van der Waals surface area contributed by atoms with E-state index in [1.165, 1.54) is 25.7 Å². The van der Waals surface area contributed by atoms with E-state index >= 15 is 0 Å². The average molecular weight is 110 g/mol. The zero-order valence-electron chi connectivity index (χ0n) is 5.83. The minimum Gasteiger partial charge on any atom is -0.0710 e. The normalized spacial score (nSPS) is 18.8. The minimum atomic E-state index is 1.29. The first-order chi connectivity index (χ1) is 3.88. The molecule has 0 nitrogen and oxygen atoms in total. The van der Waals surface area contributed by atoms with Crippen LogP contribution in [0.4, 0.5) is 0 Å². The Morgan fingerprint density at radius 2 is 1.38 bits per heavy atom. The van der Waals surface area contributed by atoms with Crippen molar-refractivity contribution in [2.24, 2.45) is 0 Å². The van der Waals surface area contributed by atoms with E-state index in [-0.39, 0.29) is 0 Å². The highest BCUT2D eigenvalue weighted by molar-refractivity contribution is 5.23. The molecule has 1 aliphatic rings. The quantitative estimate of drug-likeness (QED) is 0.479. The maximum atomic E-state index is 2.25. The third-order valence-corrected chi connectivity index (χ3v) is 2.08. The van der Waals surface area contributed by atoms with Crippen molar-refractivity contribution in [2.75, 3.05) is 0 Å². The van der Waals surface area contributed by atoms with Gasteiger partial charge in [-0.2, -0.15) is 0 Å². The standard InChI is InChI=1S/C8H14/c1-3-7-5-6-8(7)4-2/h3-6H2,1-2H3. The molecule has 0 aromatic rings. The monoisotopic (exact) mass is 110 g/mol. The molecule has 0 spiro atoms. The Morgan fingerprint density at radius 1 is 1.00 bits per heavy atom. The Morgan fingerprint density at radius 3 is 1.50 bits per heavy atom. The third kappa shape index (κ3) is 0.795. The van der Waals surface area contributed by atoms with Crippen LogP contribution < -0.4 is 0 Å². The summed E-state index contributed by atoms with van der Waals surface area (Å²) >= 11 is 0. The van der Waals surface area contributed by atoms with Crippen molar-refractivity contribution in [3.63, 3.8) is 0 Å². The first-order valence-electron chi connectivity index (χ1n) is 3.58. The van der Waals surface area contributed by atoms with Crippen molar-refractivity contribution < 1.29 is 0 Å². The van der Waals surface area contributed by atoms with Crippen molar-refractivity contribution in [3.8, 4) is 0 Å². The van der Waals surface area contributed by atoms with E-state index in [1.807, 2.05) is 0 Å². The molecule has 0 heteroatoms. The molecular formula is C8H14. The molecule has 1 aliphatic carbocycles. The Bertz CT molecular complexity index is 95.2. The summed E-state index contributed by atoms with van der Waals surface area (Å²) in [6, 6.07) is 0. The van der Waals surface area contributed by atoms with E-state index in [0.29, 0.717) is 0 Å². The van der Waals surface area contributed by atoms with Gasteiger partial charge in [-0.25, -0.2) is 0 Å². The molecule has 0 saturated heterocycles. The second-order valence-corrected chi connectivity index (χ2v) is 2.41. The number of rotatable bonds is 2. The second kappa shape index (κ2) is 2.34. The van der Waals surface area contributed by atoms with Crippen LogP contribution in [-0.4, -0.2) is 0 Å². The highest BCUT2D eigenvalue weighted by atomic mass is 14.2. The molecule has 46 valence electrons. The zero-order valence-corrected chi connectivity index (χ0v) is 5.83. The fourth-order valence-corrected chi connectivity index (χ4v) is 1.33. The first-order valence-corrected chi connectivity index (χ1v) is 3.58. The van der Waals surface area contributed by atoms with Crippen LogP contribution >= 0.6 is 0 Å². The molecule has 0 radical (unpaired) electrons. The predicted octanol–water partition coefficient (Wildman–Crippen LogP) is 2.90. The lowest BCUT2D eigenvalue weighted by atomic mass is 9.85. The summed E-state index contributed by atoms with van der Waals surface area (Å²) in [4.78, 5) is 0. The third-order valence-electron chi connectivity index (χ3n) is 2.08. The maximum Gasteiger partial charge on any atom is -0.0280 e. The molecule has 0 fully saturated rings. The molecule has 0 atom stereocenters. The van der Waals surface area contributed by atoms with Crippen LogP contribution in [0.1, 0.15) is 39.5 Å². The van der Waals surface area contributed by atoms with E-state index < -0.39 is 0 Å². The number of hydrogen-bond donors (Lipinski definition) is 0. The fourth-order valence-electron chi connectivity index (χ4n) is 1.33. The molecule has 1 rings (SSSR count). The van der Waals surface area contributed by atoms with Gasteiger partial charge in [0.05, 0.1) is 0 Å². The topological polar surface area (TPSA) is 0 Å². The van der Waals surface area contributed by atoms with Gasteiger partial charge in [-0.1, -0.05) is 25.0 Å². The molecule has 0 N–H and O–H groups in total. The summed E-state index contributed by atoms with van der Waals surface area (Å²) in [6.07, 6.45) is 5.37. The Kier molecular flexibility index (Phi) is 1.72. The smallest absolute Gasteiger partial charge is 0.0280 e. The SMILES string of the molecule is CCC1=C(CC)CC1. The van der Waals surface area contributed by atoms with Crippen molar-refractivity contribution in [1.82, 2.24) is 0 Å². The van der Waals surface area contributed by atoms with E-state index in [2.05, 4.69) is 13.8 Å². The first kappa shape index (κ1) is 5.87. The van der Waals surface area contributed by atoms with E-state index in [4.69, 9.17) is 0 Å². The summed E-state index contributed by atoms with van der Waals surface area (Å²) in [5.74, 6) is 0. The summed E-state index contributed by atoms with van der Waals surface area (Å²) in [5, 5.41) is 0. The highest BCUT2D eigenvalue weighted by Gasteiger charge is 2.11. The van der Waals surface area contributed by atoms with Gasteiger partial charge in [0.25, 0.3) is 0 Å². The van der Waals surface area contributed by atoms with Gasteiger partial charge in [0.1, 0.15) is 0 Å². The average Bonchev–Trinajstić information content (AvgIpc) is 1.66. The van der Waals surface area contributed by atoms with Crippen LogP contribution in [0.3, 0.4) is 0 Å².